The smallest absolute Gasteiger partial charge is 0.410 e. The van der Waals surface area contributed by atoms with E-state index in [9.17, 15) is 13.2 Å². The van der Waals surface area contributed by atoms with Crippen molar-refractivity contribution in [3.63, 3.8) is 0 Å². The van der Waals surface area contributed by atoms with Crippen LogP contribution >= 0.6 is 0 Å². The van der Waals surface area contributed by atoms with E-state index in [0.29, 0.717) is 13.1 Å². The molecule has 0 saturated carbocycles. The minimum absolute atomic E-state index is 0.0350. The zero-order valence-corrected chi connectivity index (χ0v) is 17.2. The first-order valence-electron chi connectivity index (χ1n) is 8.97. The van der Waals surface area contributed by atoms with Crippen LogP contribution in [0.3, 0.4) is 0 Å². The fourth-order valence-corrected chi connectivity index (χ4v) is 4.41. The molecule has 1 amide bonds. The van der Waals surface area contributed by atoms with Gasteiger partial charge in [0.25, 0.3) is 0 Å². The quantitative estimate of drug-likeness (QED) is 0.802. The number of hydrogen-bond acceptors (Lipinski definition) is 4. The molecule has 2 rings (SSSR count). The van der Waals surface area contributed by atoms with Gasteiger partial charge in [0.2, 0.25) is 10.0 Å². The van der Waals surface area contributed by atoms with Gasteiger partial charge in [0.15, 0.2) is 0 Å². The van der Waals surface area contributed by atoms with Crippen LogP contribution in [0.1, 0.15) is 44.7 Å². The lowest BCUT2D eigenvalue weighted by atomic mass is 10.1. The van der Waals surface area contributed by atoms with Crippen molar-refractivity contribution in [3.8, 4) is 0 Å². The molecule has 6 nitrogen and oxygen atoms in total. The first kappa shape index (κ1) is 20.7. The van der Waals surface area contributed by atoms with Crippen LogP contribution in [0.4, 0.5) is 4.79 Å². The molecule has 0 radical (unpaired) electrons. The molecule has 1 fully saturated rings. The van der Waals surface area contributed by atoms with Crippen molar-refractivity contribution in [3.05, 3.63) is 35.4 Å². The molecule has 7 heteroatoms. The minimum Gasteiger partial charge on any atom is -0.444 e. The first-order chi connectivity index (χ1) is 12.0. The van der Waals surface area contributed by atoms with Crippen molar-refractivity contribution in [2.24, 2.45) is 0 Å². The van der Waals surface area contributed by atoms with Crippen molar-refractivity contribution >= 4 is 16.1 Å². The zero-order valence-electron chi connectivity index (χ0n) is 16.4. The number of sulfonamides is 1. The van der Waals surface area contributed by atoms with Crippen molar-refractivity contribution in [2.45, 2.75) is 57.9 Å². The average Bonchev–Trinajstić information content (AvgIpc) is 2.54. The maximum absolute atomic E-state index is 12.8. The Labute approximate surface area is 157 Å². The predicted molar refractivity (Wildman–Crippen MR) is 102 cm³/mol. The highest BCUT2D eigenvalue weighted by atomic mass is 32.2. The fourth-order valence-electron chi connectivity index (χ4n) is 2.97. The normalized spacial score (nSPS) is 18.8. The number of carbonyl (C=O) groups excluding carboxylic acids is 1. The molecule has 1 unspecified atom stereocenters. The van der Waals surface area contributed by atoms with E-state index < -0.39 is 15.6 Å². The molecule has 1 aliphatic heterocycles. The monoisotopic (exact) mass is 382 g/mol. The number of hydrogen-bond donors (Lipinski definition) is 0. The summed E-state index contributed by atoms with van der Waals surface area (Å²) >= 11 is 0. The number of likely N-dealkylation sites (N-methyl/N-ethyl adjacent to an activating group) is 1. The summed E-state index contributed by atoms with van der Waals surface area (Å²) in [5.41, 5.74) is 1.30. The molecule has 0 aliphatic carbocycles. The molecular weight excluding hydrogens is 352 g/mol. The Balaban J connectivity index is 2.04. The van der Waals surface area contributed by atoms with Gasteiger partial charge < -0.3 is 9.64 Å². The number of aryl methyl sites for hydroxylation is 1. The van der Waals surface area contributed by atoms with E-state index in [-0.39, 0.29) is 17.9 Å². The number of piperidine rings is 1. The number of carbonyl (C=O) groups is 1. The molecule has 1 aromatic carbocycles. The Kier molecular flexibility index (Phi) is 6.34. The van der Waals surface area contributed by atoms with Crippen LogP contribution in [0.15, 0.2) is 24.3 Å². The Morgan fingerprint density at radius 1 is 1.27 bits per heavy atom. The molecule has 0 aromatic heterocycles. The molecule has 26 heavy (non-hydrogen) atoms. The third-order valence-electron chi connectivity index (χ3n) is 4.47. The number of rotatable bonds is 4. The van der Waals surface area contributed by atoms with Gasteiger partial charge in [0.1, 0.15) is 5.60 Å². The van der Waals surface area contributed by atoms with Crippen molar-refractivity contribution < 1.29 is 17.9 Å². The lowest BCUT2D eigenvalue weighted by Crippen LogP contribution is -2.51. The highest BCUT2D eigenvalue weighted by molar-refractivity contribution is 7.88. The van der Waals surface area contributed by atoms with E-state index in [1.165, 1.54) is 4.31 Å². The van der Waals surface area contributed by atoms with Crippen molar-refractivity contribution in [1.82, 2.24) is 9.21 Å². The van der Waals surface area contributed by atoms with E-state index in [4.69, 9.17) is 4.74 Å². The summed E-state index contributed by atoms with van der Waals surface area (Å²) in [7, 11) is -1.85. The third-order valence-corrected chi connectivity index (χ3v) is 6.34. The topological polar surface area (TPSA) is 66.9 Å². The standard InChI is InChI=1S/C19H30N2O4S/c1-15-8-10-16(11-9-15)14-26(23,24)20(5)17-7-6-12-21(13-17)18(22)25-19(2,3)4/h8-11,17H,6-7,12-14H2,1-5H3. The van der Waals surface area contributed by atoms with E-state index in [0.717, 1.165) is 24.0 Å². The van der Waals surface area contributed by atoms with Crippen LogP contribution in [0, 0.1) is 6.92 Å². The van der Waals surface area contributed by atoms with Gasteiger partial charge in [0.05, 0.1) is 5.75 Å². The van der Waals surface area contributed by atoms with Crippen LogP contribution in [-0.2, 0) is 20.5 Å². The van der Waals surface area contributed by atoms with Crippen LogP contribution in [0.2, 0.25) is 0 Å². The lowest BCUT2D eigenvalue weighted by Gasteiger charge is -2.37. The van der Waals surface area contributed by atoms with Gasteiger partial charge in [-0.1, -0.05) is 29.8 Å². The Morgan fingerprint density at radius 2 is 1.88 bits per heavy atom. The number of likely N-dealkylation sites (tertiary alicyclic amines) is 1. The third kappa shape index (κ3) is 5.71. The summed E-state index contributed by atoms with van der Waals surface area (Å²) in [4.78, 5) is 13.9. The van der Waals surface area contributed by atoms with Crippen molar-refractivity contribution in [1.29, 1.82) is 0 Å². The van der Waals surface area contributed by atoms with Gasteiger partial charge in [-0.3, -0.25) is 0 Å². The SMILES string of the molecule is Cc1ccc(CS(=O)(=O)N(C)C2CCCN(C(=O)OC(C)(C)C)C2)cc1. The highest BCUT2D eigenvalue weighted by Crippen LogP contribution is 2.21. The van der Waals surface area contributed by atoms with E-state index >= 15 is 0 Å². The van der Waals surface area contributed by atoms with E-state index in [1.807, 2.05) is 52.0 Å². The minimum atomic E-state index is -3.46. The Hall–Kier alpha value is -1.60. The molecule has 0 N–H and O–H groups in total. The predicted octanol–water partition coefficient (Wildman–Crippen LogP) is 3.16. The summed E-state index contributed by atoms with van der Waals surface area (Å²) in [6.45, 7) is 8.40. The number of benzene rings is 1. The van der Waals surface area contributed by atoms with Crippen molar-refractivity contribution in [2.75, 3.05) is 20.1 Å². The molecule has 1 saturated heterocycles. The number of ether oxygens (including phenoxy) is 1. The molecule has 1 aliphatic rings. The van der Waals surface area contributed by atoms with Gasteiger partial charge in [-0.2, -0.15) is 4.31 Å². The Morgan fingerprint density at radius 3 is 2.46 bits per heavy atom. The summed E-state index contributed by atoms with van der Waals surface area (Å²) in [5.74, 6) is -0.0350. The molecular formula is C19H30N2O4S. The summed E-state index contributed by atoms with van der Waals surface area (Å²) in [5, 5.41) is 0. The van der Waals surface area contributed by atoms with Gasteiger partial charge >= 0.3 is 6.09 Å². The maximum Gasteiger partial charge on any atom is 0.410 e. The molecule has 1 heterocycles. The average molecular weight is 383 g/mol. The number of nitrogens with zero attached hydrogens (tertiary/aromatic N) is 2. The van der Waals surface area contributed by atoms with Crippen LogP contribution in [0.25, 0.3) is 0 Å². The largest absolute Gasteiger partial charge is 0.444 e. The van der Waals surface area contributed by atoms with Crippen LogP contribution in [0.5, 0.6) is 0 Å². The fraction of sp³-hybridized carbons (Fsp3) is 0.632. The van der Waals surface area contributed by atoms with E-state index in [2.05, 4.69) is 0 Å². The maximum atomic E-state index is 12.8. The summed E-state index contributed by atoms with van der Waals surface area (Å²) in [6.07, 6.45) is 1.11. The zero-order chi connectivity index (χ0) is 19.5. The van der Waals surface area contributed by atoms with Crippen LogP contribution < -0.4 is 0 Å². The Bertz CT molecular complexity index is 723. The number of amides is 1. The van der Waals surface area contributed by atoms with Crippen LogP contribution in [-0.4, -0.2) is 55.5 Å². The molecule has 0 spiro atoms. The molecule has 1 aromatic rings. The second-order valence-electron chi connectivity index (χ2n) is 7.98. The summed E-state index contributed by atoms with van der Waals surface area (Å²) in [6, 6.07) is 7.28. The molecule has 0 bridgehead atoms. The molecule has 1 atom stereocenters. The van der Waals surface area contributed by atoms with Gasteiger partial charge in [-0.15, -0.1) is 0 Å². The van der Waals surface area contributed by atoms with E-state index in [1.54, 1.807) is 11.9 Å². The van der Waals surface area contributed by atoms with Gasteiger partial charge in [-0.05, 0) is 46.1 Å². The van der Waals surface area contributed by atoms with Gasteiger partial charge in [-0.25, -0.2) is 13.2 Å². The second-order valence-corrected chi connectivity index (χ2v) is 10.0. The lowest BCUT2D eigenvalue weighted by molar-refractivity contribution is 0.0163. The van der Waals surface area contributed by atoms with Gasteiger partial charge in [0, 0.05) is 26.2 Å². The highest BCUT2D eigenvalue weighted by Gasteiger charge is 2.33. The first-order valence-corrected chi connectivity index (χ1v) is 10.6. The molecule has 146 valence electrons. The second kappa shape index (κ2) is 7.96. The summed E-state index contributed by atoms with van der Waals surface area (Å²) < 4.78 is 32.4.